The Balaban J connectivity index is 2.80. The average molecular weight is 359 g/mol. The average Bonchev–Trinajstić information content (AvgIpc) is 2.57. The third-order valence-corrected chi connectivity index (χ3v) is 3.67. The molecule has 0 spiro atoms. The molecule has 0 aliphatic carbocycles. The summed E-state index contributed by atoms with van der Waals surface area (Å²) in [5.74, 6) is -0.780. The summed E-state index contributed by atoms with van der Waals surface area (Å²) in [4.78, 5) is 25.6. The van der Waals surface area contributed by atoms with Crippen molar-refractivity contribution in [1.82, 2.24) is 4.90 Å². The Labute approximate surface area is 146 Å². The molecular weight excluding hydrogens is 335 g/mol. The van der Waals surface area contributed by atoms with E-state index in [0.717, 1.165) is 31.4 Å². The first-order valence-corrected chi connectivity index (χ1v) is 8.41. The second kappa shape index (κ2) is 10.1. The number of ether oxygens (including phenoxy) is 1. The van der Waals surface area contributed by atoms with Gasteiger partial charge in [-0.2, -0.15) is 13.2 Å². The summed E-state index contributed by atoms with van der Waals surface area (Å²) in [6.07, 6.45) is -1.71. The molecule has 140 valence electrons. The SMILES string of the molecule is CCCCCN(CCC(=O)OCC)C(=O)c1ccc(C(F)(F)F)cc1. The molecule has 1 amide bonds. The molecular formula is C18H24F3NO3. The standard InChI is InChI=1S/C18H24F3NO3/c1-3-5-6-12-22(13-11-16(23)25-4-2)17(24)14-7-9-15(10-8-14)18(19,20)21/h7-10H,3-6,11-13H2,1-2H3. The van der Waals surface area contributed by atoms with E-state index in [4.69, 9.17) is 4.74 Å². The summed E-state index contributed by atoms with van der Waals surface area (Å²) in [7, 11) is 0. The summed E-state index contributed by atoms with van der Waals surface area (Å²) < 4.78 is 42.7. The number of benzene rings is 1. The fraction of sp³-hybridized carbons (Fsp3) is 0.556. The Morgan fingerprint density at radius 2 is 1.68 bits per heavy atom. The van der Waals surface area contributed by atoms with Gasteiger partial charge in [0.05, 0.1) is 18.6 Å². The molecule has 0 aliphatic rings. The fourth-order valence-corrected chi connectivity index (χ4v) is 2.31. The van der Waals surface area contributed by atoms with Crippen molar-refractivity contribution in [3.05, 3.63) is 35.4 Å². The quantitative estimate of drug-likeness (QED) is 0.488. The maximum atomic E-state index is 12.6. The zero-order valence-corrected chi connectivity index (χ0v) is 14.6. The van der Waals surface area contributed by atoms with E-state index in [1.807, 2.05) is 6.92 Å². The van der Waals surface area contributed by atoms with Crippen molar-refractivity contribution >= 4 is 11.9 Å². The molecule has 1 aromatic rings. The molecule has 0 aliphatic heterocycles. The largest absolute Gasteiger partial charge is 0.466 e. The van der Waals surface area contributed by atoms with Crippen LogP contribution >= 0.6 is 0 Å². The summed E-state index contributed by atoms with van der Waals surface area (Å²) in [5.41, 5.74) is -0.624. The molecule has 0 unspecified atom stereocenters. The Bertz CT molecular complexity index is 556. The molecule has 7 heteroatoms. The van der Waals surface area contributed by atoms with Crippen LogP contribution in [-0.2, 0) is 15.7 Å². The maximum Gasteiger partial charge on any atom is 0.416 e. The van der Waals surface area contributed by atoms with Gasteiger partial charge in [-0.25, -0.2) is 0 Å². The molecule has 0 radical (unpaired) electrons. The highest BCUT2D eigenvalue weighted by molar-refractivity contribution is 5.94. The van der Waals surface area contributed by atoms with Crippen molar-refractivity contribution in [1.29, 1.82) is 0 Å². The van der Waals surface area contributed by atoms with E-state index in [9.17, 15) is 22.8 Å². The van der Waals surface area contributed by atoms with Gasteiger partial charge in [0.1, 0.15) is 0 Å². The minimum atomic E-state index is -4.44. The van der Waals surface area contributed by atoms with Gasteiger partial charge < -0.3 is 9.64 Å². The van der Waals surface area contributed by atoms with Crippen LogP contribution in [0, 0.1) is 0 Å². The van der Waals surface area contributed by atoms with Gasteiger partial charge in [0.15, 0.2) is 0 Å². The second-order valence-corrected chi connectivity index (χ2v) is 5.63. The third-order valence-electron chi connectivity index (χ3n) is 3.67. The van der Waals surface area contributed by atoms with Crippen molar-refractivity contribution in [2.45, 2.75) is 45.7 Å². The van der Waals surface area contributed by atoms with Crippen LogP contribution in [-0.4, -0.2) is 36.5 Å². The van der Waals surface area contributed by atoms with Crippen LogP contribution in [0.3, 0.4) is 0 Å². The number of amides is 1. The van der Waals surface area contributed by atoms with Crippen molar-refractivity contribution in [2.75, 3.05) is 19.7 Å². The van der Waals surface area contributed by atoms with E-state index >= 15 is 0 Å². The van der Waals surface area contributed by atoms with Crippen molar-refractivity contribution in [3.63, 3.8) is 0 Å². The van der Waals surface area contributed by atoms with E-state index < -0.39 is 17.7 Å². The van der Waals surface area contributed by atoms with Gasteiger partial charge in [-0.15, -0.1) is 0 Å². The van der Waals surface area contributed by atoms with Crippen LogP contribution in [0.4, 0.5) is 13.2 Å². The summed E-state index contributed by atoms with van der Waals surface area (Å²) in [5, 5.41) is 0. The topological polar surface area (TPSA) is 46.6 Å². The van der Waals surface area contributed by atoms with Gasteiger partial charge in [-0.05, 0) is 37.6 Å². The Morgan fingerprint density at radius 1 is 1.04 bits per heavy atom. The molecule has 0 atom stereocenters. The normalized spacial score (nSPS) is 11.2. The molecule has 1 rings (SSSR count). The predicted octanol–water partition coefficient (Wildman–Crippen LogP) is 4.29. The van der Waals surface area contributed by atoms with E-state index in [0.29, 0.717) is 6.54 Å². The first-order valence-electron chi connectivity index (χ1n) is 8.41. The minimum absolute atomic E-state index is 0.0618. The molecule has 0 fully saturated rings. The van der Waals surface area contributed by atoms with Crippen molar-refractivity contribution < 1.29 is 27.5 Å². The highest BCUT2D eigenvalue weighted by Crippen LogP contribution is 2.29. The number of nitrogens with zero attached hydrogens (tertiary/aromatic N) is 1. The maximum absolute atomic E-state index is 12.6. The monoisotopic (exact) mass is 359 g/mol. The van der Waals surface area contributed by atoms with Gasteiger partial charge in [-0.1, -0.05) is 19.8 Å². The van der Waals surface area contributed by atoms with E-state index in [2.05, 4.69) is 0 Å². The lowest BCUT2D eigenvalue weighted by Gasteiger charge is -2.22. The van der Waals surface area contributed by atoms with Gasteiger partial charge in [0.25, 0.3) is 5.91 Å². The van der Waals surface area contributed by atoms with E-state index in [-0.39, 0.29) is 31.0 Å². The number of alkyl halides is 3. The molecule has 4 nitrogen and oxygen atoms in total. The van der Waals surface area contributed by atoms with Gasteiger partial charge in [0, 0.05) is 18.7 Å². The number of carbonyl (C=O) groups is 2. The zero-order valence-electron chi connectivity index (χ0n) is 14.6. The number of carbonyl (C=O) groups excluding carboxylic acids is 2. The summed E-state index contributed by atoms with van der Waals surface area (Å²) in [6, 6.07) is 4.12. The van der Waals surface area contributed by atoms with Crippen LogP contribution in [0.5, 0.6) is 0 Å². The lowest BCUT2D eigenvalue weighted by atomic mass is 10.1. The molecule has 0 bridgehead atoms. The van der Waals surface area contributed by atoms with Crippen LogP contribution in [0.15, 0.2) is 24.3 Å². The number of rotatable bonds is 9. The number of unbranched alkanes of at least 4 members (excludes halogenated alkanes) is 2. The molecule has 0 saturated heterocycles. The Morgan fingerprint density at radius 3 is 2.20 bits per heavy atom. The summed E-state index contributed by atoms with van der Waals surface area (Å²) in [6.45, 7) is 4.63. The molecule has 0 aromatic heterocycles. The fourth-order valence-electron chi connectivity index (χ4n) is 2.31. The highest BCUT2D eigenvalue weighted by Gasteiger charge is 2.30. The molecule has 0 heterocycles. The lowest BCUT2D eigenvalue weighted by molar-refractivity contribution is -0.143. The van der Waals surface area contributed by atoms with Crippen LogP contribution < -0.4 is 0 Å². The van der Waals surface area contributed by atoms with E-state index in [1.54, 1.807) is 6.92 Å². The first kappa shape index (κ1) is 21.0. The number of esters is 1. The molecule has 0 N–H and O–H groups in total. The number of hydrogen-bond acceptors (Lipinski definition) is 3. The molecule has 25 heavy (non-hydrogen) atoms. The minimum Gasteiger partial charge on any atom is -0.466 e. The predicted molar refractivity (Wildman–Crippen MR) is 88.1 cm³/mol. The molecule has 0 saturated carbocycles. The zero-order chi connectivity index (χ0) is 18.9. The van der Waals surface area contributed by atoms with E-state index in [1.165, 1.54) is 17.0 Å². The number of halogens is 3. The highest BCUT2D eigenvalue weighted by atomic mass is 19.4. The second-order valence-electron chi connectivity index (χ2n) is 5.63. The Hall–Kier alpha value is -2.05. The van der Waals surface area contributed by atoms with Gasteiger partial charge in [0.2, 0.25) is 0 Å². The Kier molecular flexibility index (Phi) is 8.45. The first-order chi connectivity index (χ1) is 11.8. The van der Waals surface area contributed by atoms with Gasteiger partial charge in [-0.3, -0.25) is 9.59 Å². The van der Waals surface area contributed by atoms with Crippen LogP contribution in [0.1, 0.15) is 55.5 Å². The lowest BCUT2D eigenvalue weighted by Crippen LogP contribution is -2.34. The molecule has 1 aromatic carbocycles. The van der Waals surface area contributed by atoms with Gasteiger partial charge >= 0.3 is 12.1 Å². The van der Waals surface area contributed by atoms with Crippen molar-refractivity contribution in [3.8, 4) is 0 Å². The van der Waals surface area contributed by atoms with Crippen LogP contribution in [0.2, 0.25) is 0 Å². The van der Waals surface area contributed by atoms with Crippen LogP contribution in [0.25, 0.3) is 0 Å². The summed E-state index contributed by atoms with van der Waals surface area (Å²) >= 11 is 0. The smallest absolute Gasteiger partial charge is 0.416 e. The number of hydrogen-bond donors (Lipinski definition) is 0. The third kappa shape index (κ3) is 7.15. The van der Waals surface area contributed by atoms with Crippen molar-refractivity contribution in [2.24, 2.45) is 0 Å².